The Hall–Kier alpha value is -2.44. The topological polar surface area (TPSA) is 75.3 Å². The van der Waals surface area contributed by atoms with Gasteiger partial charge in [-0.05, 0) is 31.4 Å². The zero-order valence-corrected chi connectivity index (χ0v) is 14.5. The highest BCUT2D eigenvalue weighted by Gasteiger charge is 2.29. The normalized spacial score (nSPS) is 19.8. The number of hydrogen-bond donors (Lipinski definition) is 3. The molecule has 1 saturated heterocycles. The van der Waals surface area contributed by atoms with Crippen molar-refractivity contribution in [2.24, 2.45) is 0 Å². The molecule has 6 heteroatoms. The van der Waals surface area contributed by atoms with Crippen LogP contribution in [0.2, 0.25) is 0 Å². The van der Waals surface area contributed by atoms with Gasteiger partial charge in [0.1, 0.15) is 6.04 Å². The van der Waals surface area contributed by atoms with Gasteiger partial charge in [-0.2, -0.15) is 0 Å². The van der Waals surface area contributed by atoms with E-state index in [2.05, 4.69) is 33.3 Å². The molecule has 25 heavy (non-hydrogen) atoms. The molecular formula is C19H24N4O2. The molecule has 0 aliphatic carbocycles. The fourth-order valence-electron chi connectivity index (χ4n) is 2.77. The van der Waals surface area contributed by atoms with Crippen LogP contribution in [-0.2, 0) is 11.3 Å². The number of pyridine rings is 1. The molecule has 1 aromatic carbocycles. The third kappa shape index (κ3) is 4.78. The number of carbonyl (C=O) groups excluding carboxylic acids is 1. The number of nitrogens with zero attached hydrogens (tertiary/aromatic N) is 1. The lowest BCUT2D eigenvalue weighted by atomic mass is 10.0. The number of amides is 1. The molecule has 0 radical (unpaired) electrons. The van der Waals surface area contributed by atoms with Crippen molar-refractivity contribution in [3.63, 3.8) is 0 Å². The number of benzene rings is 1. The predicted molar refractivity (Wildman–Crippen MR) is 95.7 cm³/mol. The Morgan fingerprint density at radius 1 is 1.24 bits per heavy atom. The minimum absolute atomic E-state index is 0.0200. The summed E-state index contributed by atoms with van der Waals surface area (Å²) in [5.74, 6) is 0.575. The molecule has 2 heterocycles. The fraction of sp³-hybridized carbons (Fsp3) is 0.368. The molecule has 2 unspecified atom stereocenters. The maximum Gasteiger partial charge on any atom is 0.238 e. The molecule has 132 valence electrons. The highest BCUT2D eigenvalue weighted by atomic mass is 16.5. The molecule has 0 spiro atoms. The molecule has 3 N–H and O–H groups in total. The second-order valence-corrected chi connectivity index (χ2v) is 6.43. The standard InChI is InChI=1S/C19H24N4O2/c1-13(2)25-18-9-8-14(11-20-18)12-21-19(24)17-10-16(22-23-17)15-6-4-3-5-7-15/h3-9,11,13,16-17,22-23H,10,12H2,1-2H3,(H,21,24). The molecule has 1 aromatic heterocycles. The molecule has 6 nitrogen and oxygen atoms in total. The second kappa shape index (κ2) is 8.09. The van der Waals surface area contributed by atoms with Crippen LogP contribution < -0.4 is 20.9 Å². The molecule has 1 amide bonds. The summed E-state index contributed by atoms with van der Waals surface area (Å²) in [6.45, 7) is 4.37. The van der Waals surface area contributed by atoms with Crippen molar-refractivity contribution in [1.29, 1.82) is 0 Å². The lowest BCUT2D eigenvalue weighted by Gasteiger charge is -2.12. The van der Waals surface area contributed by atoms with E-state index in [0.717, 1.165) is 12.0 Å². The Morgan fingerprint density at radius 3 is 2.72 bits per heavy atom. The number of ether oxygens (including phenoxy) is 1. The molecule has 2 aromatic rings. The van der Waals surface area contributed by atoms with Crippen molar-refractivity contribution in [1.82, 2.24) is 21.2 Å². The van der Waals surface area contributed by atoms with Crippen molar-refractivity contribution in [3.05, 3.63) is 59.8 Å². The van der Waals surface area contributed by atoms with Gasteiger partial charge in [-0.3, -0.25) is 4.79 Å². The average molecular weight is 340 g/mol. The van der Waals surface area contributed by atoms with E-state index >= 15 is 0 Å². The van der Waals surface area contributed by atoms with Crippen molar-refractivity contribution >= 4 is 5.91 Å². The maximum atomic E-state index is 12.3. The number of carbonyl (C=O) groups is 1. The van der Waals surface area contributed by atoms with Gasteiger partial charge in [-0.15, -0.1) is 0 Å². The van der Waals surface area contributed by atoms with Gasteiger partial charge in [0.25, 0.3) is 0 Å². The molecule has 3 rings (SSSR count). The summed E-state index contributed by atoms with van der Waals surface area (Å²) in [7, 11) is 0. The fourth-order valence-corrected chi connectivity index (χ4v) is 2.77. The Balaban J connectivity index is 1.48. The van der Waals surface area contributed by atoms with Crippen LogP contribution in [0, 0.1) is 0 Å². The van der Waals surface area contributed by atoms with E-state index in [1.165, 1.54) is 5.56 Å². The number of rotatable bonds is 6. The zero-order valence-electron chi connectivity index (χ0n) is 14.5. The van der Waals surface area contributed by atoms with Crippen LogP contribution in [0.3, 0.4) is 0 Å². The largest absolute Gasteiger partial charge is 0.475 e. The zero-order chi connectivity index (χ0) is 17.6. The SMILES string of the molecule is CC(C)Oc1ccc(CNC(=O)C2CC(c3ccccc3)NN2)cn1. The van der Waals surface area contributed by atoms with Crippen molar-refractivity contribution in [3.8, 4) is 5.88 Å². The molecule has 1 aliphatic rings. The van der Waals surface area contributed by atoms with E-state index in [0.29, 0.717) is 12.4 Å². The van der Waals surface area contributed by atoms with E-state index in [-0.39, 0.29) is 24.1 Å². The van der Waals surface area contributed by atoms with Crippen LogP contribution in [0.25, 0.3) is 0 Å². The van der Waals surface area contributed by atoms with Gasteiger partial charge >= 0.3 is 0 Å². The minimum Gasteiger partial charge on any atom is -0.475 e. The Bertz CT molecular complexity index is 688. The number of hydrazine groups is 1. The molecule has 1 aliphatic heterocycles. The lowest BCUT2D eigenvalue weighted by molar-refractivity contribution is -0.123. The van der Waals surface area contributed by atoms with Crippen LogP contribution in [0.1, 0.15) is 37.4 Å². The van der Waals surface area contributed by atoms with E-state index in [1.807, 2.05) is 44.2 Å². The smallest absolute Gasteiger partial charge is 0.238 e. The first kappa shape index (κ1) is 17.4. The van der Waals surface area contributed by atoms with Crippen LogP contribution in [0.15, 0.2) is 48.7 Å². The Kier molecular flexibility index (Phi) is 5.63. The van der Waals surface area contributed by atoms with Gasteiger partial charge < -0.3 is 10.1 Å². The summed E-state index contributed by atoms with van der Waals surface area (Å²) in [5.41, 5.74) is 8.38. The molecule has 0 bridgehead atoms. The van der Waals surface area contributed by atoms with Gasteiger partial charge in [-0.1, -0.05) is 36.4 Å². The van der Waals surface area contributed by atoms with Crippen molar-refractivity contribution in [2.75, 3.05) is 0 Å². The molecule has 1 fully saturated rings. The van der Waals surface area contributed by atoms with Crippen LogP contribution in [0.5, 0.6) is 5.88 Å². The van der Waals surface area contributed by atoms with E-state index in [1.54, 1.807) is 6.20 Å². The van der Waals surface area contributed by atoms with Crippen LogP contribution in [0.4, 0.5) is 0 Å². The molecule has 0 saturated carbocycles. The lowest BCUT2D eigenvalue weighted by Crippen LogP contribution is -2.42. The van der Waals surface area contributed by atoms with Crippen LogP contribution in [-0.4, -0.2) is 23.0 Å². The van der Waals surface area contributed by atoms with Gasteiger partial charge in [0.15, 0.2) is 0 Å². The quantitative estimate of drug-likeness (QED) is 0.751. The number of hydrogen-bond acceptors (Lipinski definition) is 5. The van der Waals surface area contributed by atoms with E-state index < -0.39 is 0 Å². The summed E-state index contributed by atoms with van der Waals surface area (Å²) in [6, 6.07) is 13.8. The summed E-state index contributed by atoms with van der Waals surface area (Å²) in [6.07, 6.45) is 2.54. The first-order valence-corrected chi connectivity index (χ1v) is 8.57. The van der Waals surface area contributed by atoms with Gasteiger partial charge in [0.05, 0.1) is 6.10 Å². The molecular weight excluding hydrogens is 316 g/mol. The summed E-state index contributed by atoms with van der Waals surface area (Å²) in [5, 5.41) is 2.95. The molecule has 2 atom stereocenters. The van der Waals surface area contributed by atoms with Gasteiger partial charge in [0, 0.05) is 24.8 Å². The highest BCUT2D eigenvalue weighted by Crippen LogP contribution is 2.21. The first-order chi connectivity index (χ1) is 12.1. The number of aromatic nitrogens is 1. The summed E-state index contributed by atoms with van der Waals surface area (Å²) >= 11 is 0. The number of nitrogens with one attached hydrogen (secondary N) is 3. The van der Waals surface area contributed by atoms with E-state index in [4.69, 9.17) is 4.74 Å². The van der Waals surface area contributed by atoms with Gasteiger partial charge in [0.2, 0.25) is 11.8 Å². The van der Waals surface area contributed by atoms with Crippen molar-refractivity contribution < 1.29 is 9.53 Å². The minimum atomic E-state index is -0.248. The Labute approximate surface area is 148 Å². The Morgan fingerprint density at radius 2 is 2.04 bits per heavy atom. The maximum absolute atomic E-state index is 12.3. The summed E-state index contributed by atoms with van der Waals surface area (Å²) in [4.78, 5) is 16.6. The van der Waals surface area contributed by atoms with Crippen molar-refractivity contribution in [2.45, 2.75) is 45.0 Å². The highest BCUT2D eigenvalue weighted by molar-refractivity contribution is 5.82. The third-order valence-electron chi connectivity index (χ3n) is 4.04. The summed E-state index contributed by atoms with van der Waals surface area (Å²) < 4.78 is 5.51. The average Bonchev–Trinajstić information content (AvgIpc) is 3.11. The third-order valence-corrected chi connectivity index (χ3v) is 4.04. The van der Waals surface area contributed by atoms with Gasteiger partial charge in [-0.25, -0.2) is 15.8 Å². The first-order valence-electron chi connectivity index (χ1n) is 8.57. The monoisotopic (exact) mass is 340 g/mol. The predicted octanol–water partition coefficient (Wildman–Crippen LogP) is 2.09. The second-order valence-electron chi connectivity index (χ2n) is 6.43. The van der Waals surface area contributed by atoms with E-state index in [9.17, 15) is 4.79 Å². The van der Waals surface area contributed by atoms with Crippen LogP contribution >= 0.6 is 0 Å².